The highest BCUT2D eigenvalue weighted by Gasteiger charge is 2.26. The van der Waals surface area contributed by atoms with Gasteiger partial charge in [0, 0.05) is 23.4 Å². The molecule has 1 aromatic rings. The monoisotopic (exact) mass is 328 g/mol. The molecule has 2 heterocycles. The highest BCUT2D eigenvalue weighted by Crippen LogP contribution is 2.26. The fraction of sp³-hybridized carbons (Fsp3) is 0.462. The van der Waals surface area contributed by atoms with Crippen molar-refractivity contribution in [2.45, 2.75) is 17.7 Å². The number of carbonyl (C=O) groups is 3. The van der Waals surface area contributed by atoms with E-state index in [1.165, 1.54) is 11.8 Å². The largest absolute Gasteiger partial charge is 0.477 e. The van der Waals surface area contributed by atoms with Crippen LogP contribution >= 0.6 is 23.1 Å². The Hall–Kier alpha value is -1.54. The molecule has 1 atom stereocenters. The molecule has 1 saturated heterocycles. The van der Waals surface area contributed by atoms with Crippen LogP contribution in [0.3, 0.4) is 0 Å². The number of nitrogens with two attached hydrogens (primary N) is 1. The first-order chi connectivity index (χ1) is 9.97. The molecule has 1 aliphatic rings. The van der Waals surface area contributed by atoms with E-state index in [2.05, 4.69) is 0 Å². The van der Waals surface area contributed by atoms with Crippen LogP contribution in [0.4, 0.5) is 0 Å². The summed E-state index contributed by atoms with van der Waals surface area (Å²) in [6.07, 6.45) is 1.52. The van der Waals surface area contributed by atoms with Gasteiger partial charge in [-0.2, -0.15) is 0 Å². The third-order valence-corrected chi connectivity index (χ3v) is 5.35. The first kappa shape index (κ1) is 15.8. The first-order valence-electron chi connectivity index (χ1n) is 6.49. The summed E-state index contributed by atoms with van der Waals surface area (Å²) in [5.41, 5.74) is 5.29. The van der Waals surface area contributed by atoms with Gasteiger partial charge in [0.15, 0.2) is 0 Å². The van der Waals surface area contributed by atoms with Gasteiger partial charge >= 0.3 is 5.97 Å². The minimum Gasteiger partial charge on any atom is -0.477 e. The van der Waals surface area contributed by atoms with Crippen LogP contribution in [0.1, 0.15) is 22.5 Å². The zero-order valence-corrected chi connectivity index (χ0v) is 12.9. The molecule has 6 nitrogen and oxygen atoms in total. The number of hydrogen-bond donors (Lipinski definition) is 2. The van der Waals surface area contributed by atoms with E-state index in [9.17, 15) is 14.4 Å². The fourth-order valence-electron chi connectivity index (χ4n) is 2.18. The number of piperidine rings is 1. The molecule has 114 valence electrons. The van der Waals surface area contributed by atoms with Crippen molar-refractivity contribution in [2.75, 3.05) is 18.8 Å². The molecule has 0 radical (unpaired) electrons. The second-order valence-corrected chi connectivity index (χ2v) is 6.78. The Balaban J connectivity index is 1.86. The van der Waals surface area contributed by atoms with E-state index in [1.807, 2.05) is 0 Å². The summed E-state index contributed by atoms with van der Waals surface area (Å²) in [7, 11) is 0. The number of likely N-dealkylation sites (tertiary alicyclic amines) is 1. The number of hydrogen-bond acceptors (Lipinski definition) is 5. The molecule has 8 heteroatoms. The van der Waals surface area contributed by atoms with Crippen LogP contribution in [0.25, 0.3) is 0 Å². The van der Waals surface area contributed by atoms with E-state index in [0.717, 1.165) is 29.1 Å². The number of rotatable bonds is 5. The molecular formula is C13H16N2O4S2. The summed E-state index contributed by atoms with van der Waals surface area (Å²) in [4.78, 5) is 36.8. The van der Waals surface area contributed by atoms with Gasteiger partial charge in [0.2, 0.25) is 11.8 Å². The minimum absolute atomic E-state index is 0.0472. The number of primary amides is 1. The number of carboxylic acids is 1. The molecule has 2 rings (SSSR count). The van der Waals surface area contributed by atoms with Gasteiger partial charge < -0.3 is 15.7 Å². The molecule has 2 amide bonds. The number of carboxylic acid groups (broad SMARTS) is 1. The van der Waals surface area contributed by atoms with Crippen molar-refractivity contribution in [1.82, 2.24) is 4.90 Å². The second kappa shape index (κ2) is 6.95. The number of aromatic carboxylic acids is 1. The van der Waals surface area contributed by atoms with Gasteiger partial charge in [-0.1, -0.05) is 0 Å². The predicted octanol–water partition coefficient (Wildman–Crippen LogP) is 1.26. The van der Waals surface area contributed by atoms with Gasteiger partial charge in [-0.15, -0.1) is 23.1 Å². The third-order valence-electron chi connectivity index (χ3n) is 3.32. The van der Waals surface area contributed by atoms with Crippen molar-refractivity contribution in [3.63, 3.8) is 0 Å². The van der Waals surface area contributed by atoms with E-state index < -0.39 is 5.97 Å². The molecule has 1 unspecified atom stereocenters. The highest BCUT2D eigenvalue weighted by atomic mass is 32.2. The van der Waals surface area contributed by atoms with Crippen LogP contribution in [0.2, 0.25) is 0 Å². The van der Waals surface area contributed by atoms with Crippen LogP contribution < -0.4 is 5.73 Å². The summed E-state index contributed by atoms with van der Waals surface area (Å²) in [6, 6.07) is 1.56. The summed E-state index contributed by atoms with van der Waals surface area (Å²) < 4.78 is 0. The van der Waals surface area contributed by atoms with Crippen LogP contribution in [0, 0.1) is 5.92 Å². The highest BCUT2D eigenvalue weighted by molar-refractivity contribution is 8.00. The number of thioether (sulfide) groups is 1. The molecule has 1 aromatic heterocycles. The fourth-order valence-corrected chi connectivity index (χ4v) is 3.95. The second-order valence-electron chi connectivity index (χ2n) is 4.82. The topological polar surface area (TPSA) is 101 Å². The van der Waals surface area contributed by atoms with Gasteiger partial charge in [0.05, 0.1) is 11.7 Å². The van der Waals surface area contributed by atoms with Crippen LogP contribution in [0.5, 0.6) is 0 Å². The zero-order valence-electron chi connectivity index (χ0n) is 11.3. The number of carbonyl (C=O) groups excluding carboxylic acids is 2. The molecular weight excluding hydrogens is 312 g/mol. The summed E-state index contributed by atoms with van der Waals surface area (Å²) in [5.74, 6) is -1.38. The van der Waals surface area contributed by atoms with E-state index in [-0.39, 0.29) is 28.4 Å². The molecule has 0 aliphatic carbocycles. The van der Waals surface area contributed by atoms with Crippen molar-refractivity contribution in [2.24, 2.45) is 11.7 Å². The molecule has 0 spiro atoms. The van der Waals surface area contributed by atoms with Gasteiger partial charge in [0.1, 0.15) is 4.88 Å². The normalized spacial score (nSPS) is 18.5. The lowest BCUT2D eigenvalue weighted by atomic mass is 9.97. The molecule has 1 fully saturated rings. The zero-order chi connectivity index (χ0) is 15.4. The Bertz CT molecular complexity index is 558. The number of nitrogens with zero attached hydrogens (tertiary/aromatic N) is 1. The number of amides is 2. The van der Waals surface area contributed by atoms with Crippen LogP contribution in [0.15, 0.2) is 16.3 Å². The molecule has 21 heavy (non-hydrogen) atoms. The lowest BCUT2D eigenvalue weighted by Gasteiger charge is -2.31. The summed E-state index contributed by atoms with van der Waals surface area (Å²) in [6.45, 7) is 1.03. The van der Waals surface area contributed by atoms with E-state index in [4.69, 9.17) is 10.8 Å². The molecule has 3 N–H and O–H groups in total. The Morgan fingerprint density at radius 2 is 2.24 bits per heavy atom. The van der Waals surface area contributed by atoms with E-state index in [1.54, 1.807) is 16.3 Å². The standard InChI is InChI=1S/C13H16N2O4S2/c14-12(17)8-2-1-3-15(5-8)11(16)7-20-9-4-10(13(18)19)21-6-9/h4,6,8H,1-3,5,7H2,(H2,14,17)(H,18,19). The van der Waals surface area contributed by atoms with Crippen molar-refractivity contribution < 1.29 is 19.5 Å². The Morgan fingerprint density at radius 1 is 1.48 bits per heavy atom. The predicted molar refractivity (Wildman–Crippen MR) is 80.5 cm³/mol. The molecule has 1 aliphatic heterocycles. The van der Waals surface area contributed by atoms with Crippen LogP contribution in [-0.4, -0.2) is 46.6 Å². The van der Waals surface area contributed by atoms with E-state index >= 15 is 0 Å². The maximum atomic E-state index is 12.1. The molecule has 0 saturated carbocycles. The Labute approximate surface area is 130 Å². The Kier molecular flexibility index (Phi) is 5.24. The lowest BCUT2D eigenvalue weighted by molar-refractivity contribution is -0.132. The van der Waals surface area contributed by atoms with Crippen molar-refractivity contribution in [3.8, 4) is 0 Å². The first-order valence-corrected chi connectivity index (χ1v) is 8.35. The van der Waals surface area contributed by atoms with Gasteiger partial charge in [-0.25, -0.2) is 4.79 Å². The third kappa shape index (κ3) is 4.21. The lowest BCUT2D eigenvalue weighted by Crippen LogP contribution is -2.44. The summed E-state index contributed by atoms with van der Waals surface area (Å²) >= 11 is 2.45. The van der Waals surface area contributed by atoms with Crippen molar-refractivity contribution >= 4 is 40.9 Å². The van der Waals surface area contributed by atoms with Crippen LogP contribution in [-0.2, 0) is 9.59 Å². The average molecular weight is 328 g/mol. The smallest absolute Gasteiger partial charge is 0.345 e. The van der Waals surface area contributed by atoms with Gasteiger partial charge in [0.25, 0.3) is 0 Å². The maximum Gasteiger partial charge on any atom is 0.345 e. The number of thiophene rings is 1. The van der Waals surface area contributed by atoms with Gasteiger partial charge in [-0.05, 0) is 18.9 Å². The summed E-state index contributed by atoms with van der Waals surface area (Å²) in [5, 5.41) is 10.6. The minimum atomic E-state index is -0.960. The molecule has 0 bridgehead atoms. The Morgan fingerprint density at radius 3 is 2.86 bits per heavy atom. The van der Waals surface area contributed by atoms with E-state index in [0.29, 0.717) is 13.1 Å². The maximum absolute atomic E-state index is 12.1. The molecule has 0 aromatic carbocycles. The van der Waals surface area contributed by atoms with Crippen molar-refractivity contribution in [1.29, 1.82) is 0 Å². The van der Waals surface area contributed by atoms with Gasteiger partial charge in [-0.3, -0.25) is 9.59 Å². The SMILES string of the molecule is NC(=O)C1CCCN(C(=O)CSc2csc(C(=O)O)c2)C1. The average Bonchev–Trinajstić information content (AvgIpc) is 2.94. The van der Waals surface area contributed by atoms with Crippen molar-refractivity contribution in [3.05, 3.63) is 16.3 Å². The quantitative estimate of drug-likeness (QED) is 0.793.